The minimum absolute atomic E-state index is 0.662. The summed E-state index contributed by atoms with van der Waals surface area (Å²) in [5.74, 6) is 0. The van der Waals surface area contributed by atoms with Crippen molar-refractivity contribution >= 4 is 10.9 Å². The minimum atomic E-state index is 0.662. The Hall–Kier alpha value is -1.28. The van der Waals surface area contributed by atoms with Crippen molar-refractivity contribution in [3.05, 3.63) is 35.0 Å². The zero-order valence-electron chi connectivity index (χ0n) is 11.2. The molecule has 94 valence electrons. The lowest BCUT2D eigenvalue weighted by Gasteiger charge is -2.37. The number of fused-ring (bicyclic) bond motifs is 3. The first-order chi connectivity index (χ1) is 8.75. The molecule has 2 nitrogen and oxygen atoms in total. The van der Waals surface area contributed by atoms with Gasteiger partial charge in [-0.15, -0.1) is 0 Å². The smallest absolute Gasteiger partial charge is 0.0501 e. The molecule has 2 aliphatic rings. The van der Waals surface area contributed by atoms with Gasteiger partial charge in [0.2, 0.25) is 0 Å². The number of hydrogen-bond donors (Lipinski definition) is 0. The van der Waals surface area contributed by atoms with Gasteiger partial charge in [0.05, 0.1) is 6.04 Å². The lowest BCUT2D eigenvalue weighted by Crippen LogP contribution is -2.36. The second kappa shape index (κ2) is 3.61. The maximum Gasteiger partial charge on any atom is 0.0501 e. The van der Waals surface area contributed by atoms with Crippen LogP contribution in [0.4, 0.5) is 0 Å². The summed E-state index contributed by atoms with van der Waals surface area (Å²) >= 11 is 0. The van der Waals surface area contributed by atoms with Gasteiger partial charge in [-0.05, 0) is 50.9 Å². The molecule has 0 saturated heterocycles. The predicted molar refractivity (Wildman–Crippen MR) is 75.0 cm³/mol. The third kappa shape index (κ3) is 1.27. The van der Waals surface area contributed by atoms with E-state index in [4.69, 9.17) is 0 Å². The van der Waals surface area contributed by atoms with E-state index in [1.807, 2.05) is 0 Å². The van der Waals surface area contributed by atoms with Crippen molar-refractivity contribution in [3.8, 4) is 0 Å². The van der Waals surface area contributed by atoms with Crippen LogP contribution in [0.5, 0.6) is 0 Å². The fourth-order valence-electron chi connectivity index (χ4n) is 3.89. The van der Waals surface area contributed by atoms with Gasteiger partial charge in [-0.1, -0.05) is 11.6 Å². The predicted octanol–water partition coefficient (Wildman–Crippen LogP) is 3.27. The Bertz CT molecular complexity index is 624. The highest BCUT2D eigenvalue weighted by molar-refractivity contribution is 5.87. The number of likely N-dealkylation sites (N-methyl/N-ethyl adjacent to an activating group) is 1. The van der Waals surface area contributed by atoms with Crippen molar-refractivity contribution in [3.63, 3.8) is 0 Å². The molecule has 18 heavy (non-hydrogen) atoms. The average Bonchev–Trinajstić information content (AvgIpc) is 2.69. The number of hydrogen-bond acceptors (Lipinski definition) is 1. The van der Waals surface area contributed by atoms with Crippen LogP contribution in [-0.4, -0.2) is 23.1 Å². The largest absolute Gasteiger partial charge is 0.342 e. The molecule has 2 heterocycles. The molecule has 1 aliphatic carbocycles. The lowest BCUT2D eigenvalue weighted by atomic mass is 9.90. The van der Waals surface area contributed by atoms with Gasteiger partial charge in [-0.3, -0.25) is 4.90 Å². The van der Waals surface area contributed by atoms with E-state index in [2.05, 4.69) is 41.6 Å². The van der Waals surface area contributed by atoms with Crippen molar-refractivity contribution in [2.24, 2.45) is 0 Å². The molecule has 4 rings (SSSR count). The van der Waals surface area contributed by atoms with Crippen LogP contribution in [0.1, 0.15) is 35.7 Å². The normalized spacial score (nSPS) is 23.3. The third-order valence-electron chi connectivity index (χ3n) is 4.80. The van der Waals surface area contributed by atoms with Crippen molar-refractivity contribution in [2.75, 3.05) is 13.6 Å². The molecule has 0 spiro atoms. The Kier molecular flexibility index (Phi) is 2.13. The highest BCUT2D eigenvalue weighted by atomic mass is 15.2. The zero-order valence-corrected chi connectivity index (χ0v) is 11.2. The Morgan fingerprint density at radius 1 is 1.22 bits per heavy atom. The van der Waals surface area contributed by atoms with Gasteiger partial charge in [0, 0.05) is 29.7 Å². The first-order valence-corrected chi connectivity index (χ1v) is 7.07. The number of rotatable bonds is 0. The standard InChI is InChI=1S/C16H20N2/c1-11-6-7-14-13(10-11)12-4-3-5-15-16(12)18(14)9-8-17(15)2/h6-7,10,15H,3-5,8-9H2,1-2H3. The maximum absolute atomic E-state index is 2.59. The van der Waals surface area contributed by atoms with Crippen LogP contribution in [0.3, 0.4) is 0 Å². The van der Waals surface area contributed by atoms with Crippen LogP contribution in [0.15, 0.2) is 18.2 Å². The molecule has 0 amide bonds. The first-order valence-electron chi connectivity index (χ1n) is 7.07. The van der Waals surface area contributed by atoms with E-state index >= 15 is 0 Å². The molecular weight excluding hydrogens is 220 g/mol. The monoisotopic (exact) mass is 240 g/mol. The molecule has 1 aliphatic heterocycles. The zero-order chi connectivity index (χ0) is 12.3. The quantitative estimate of drug-likeness (QED) is 0.686. The summed E-state index contributed by atoms with van der Waals surface area (Å²) in [5.41, 5.74) is 6.11. The second-order valence-corrected chi connectivity index (χ2v) is 5.92. The van der Waals surface area contributed by atoms with Crippen molar-refractivity contribution in [1.29, 1.82) is 0 Å². The summed E-state index contributed by atoms with van der Waals surface area (Å²) < 4.78 is 2.59. The molecule has 1 aromatic heterocycles. The van der Waals surface area contributed by atoms with Crippen LogP contribution in [0, 0.1) is 6.92 Å². The lowest BCUT2D eigenvalue weighted by molar-refractivity contribution is 0.178. The van der Waals surface area contributed by atoms with E-state index in [0.717, 1.165) is 6.54 Å². The topological polar surface area (TPSA) is 8.17 Å². The van der Waals surface area contributed by atoms with E-state index < -0.39 is 0 Å². The van der Waals surface area contributed by atoms with E-state index in [1.165, 1.54) is 42.3 Å². The van der Waals surface area contributed by atoms with Gasteiger partial charge >= 0.3 is 0 Å². The molecule has 0 radical (unpaired) electrons. The first kappa shape index (κ1) is 10.6. The summed E-state index contributed by atoms with van der Waals surface area (Å²) in [4.78, 5) is 2.55. The Morgan fingerprint density at radius 2 is 2.11 bits per heavy atom. The minimum Gasteiger partial charge on any atom is -0.342 e. The van der Waals surface area contributed by atoms with Crippen LogP contribution in [0.25, 0.3) is 10.9 Å². The van der Waals surface area contributed by atoms with Crippen LogP contribution in [-0.2, 0) is 13.0 Å². The molecule has 0 fully saturated rings. The van der Waals surface area contributed by atoms with Gasteiger partial charge < -0.3 is 4.57 Å². The Balaban J connectivity index is 2.08. The SMILES string of the molecule is Cc1ccc2c(c1)c1c3n2CCN(C)C3CCC1. The molecule has 0 bridgehead atoms. The summed E-state index contributed by atoms with van der Waals surface area (Å²) in [6, 6.07) is 7.63. The summed E-state index contributed by atoms with van der Waals surface area (Å²) in [5, 5.41) is 1.52. The molecule has 2 aromatic rings. The highest BCUT2D eigenvalue weighted by Gasteiger charge is 2.32. The van der Waals surface area contributed by atoms with E-state index in [0.29, 0.717) is 6.04 Å². The molecule has 1 aromatic carbocycles. The number of aromatic nitrogens is 1. The Morgan fingerprint density at radius 3 is 3.00 bits per heavy atom. The third-order valence-corrected chi connectivity index (χ3v) is 4.80. The second-order valence-electron chi connectivity index (χ2n) is 5.92. The highest BCUT2D eigenvalue weighted by Crippen LogP contribution is 2.41. The van der Waals surface area contributed by atoms with Gasteiger partial charge in [0.15, 0.2) is 0 Å². The Labute approximate surface area is 108 Å². The molecule has 0 N–H and O–H groups in total. The van der Waals surface area contributed by atoms with Crippen molar-refractivity contribution in [1.82, 2.24) is 9.47 Å². The number of nitrogens with zero attached hydrogens (tertiary/aromatic N) is 2. The van der Waals surface area contributed by atoms with Gasteiger partial charge in [-0.25, -0.2) is 0 Å². The number of benzene rings is 1. The molecule has 1 atom stereocenters. The van der Waals surface area contributed by atoms with Crippen LogP contribution < -0.4 is 0 Å². The van der Waals surface area contributed by atoms with E-state index in [1.54, 1.807) is 11.3 Å². The van der Waals surface area contributed by atoms with Crippen LogP contribution >= 0.6 is 0 Å². The van der Waals surface area contributed by atoms with Crippen molar-refractivity contribution in [2.45, 2.75) is 38.8 Å². The van der Waals surface area contributed by atoms with Crippen molar-refractivity contribution < 1.29 is 0 Å². The fraction of sp³-hybridized carbons (Fsp3) is 0.500. The maximum atomic E-state index is 2.59. The van der Waals surface area contributed by atoms with Gasteiger partial charge in [0.25, 0.3) is 0 Å². The van der Waals surface area contributed by atoms with E-state index in [9.17, 15) is 0 Å². The summed E-state index contributed by atoms with van der Waals surface area (Å²) in [7, 11) is 2.28. The molecule has 2 heteroatoms. The van der Waals surface area contributed by atoms with Gasteiger partial charge in [0.1, 0.15) is 0 Å². The summed E-state index contributed by atoms with van der Waals surface area (Å²) in [6.07, 6.45) is 3.94. The molecule has 0 saturated carbocycles. The van der Waals surface area contributed by atoms with Gasteiger partial charge in [-0.2, -0.15) is 0 Å². The number of aryl methyl sites for hydroxylation is 2. The van der Waals surface area contributed by atoms with Crippen LogP contribution in [0.2, 0.25) is 0 Å². The molecule has 1 unspecified atom stereocenters. The fourth-order valence-corrected chi connectivity index (χ4v) is 3.89. The summed E-state index contributed by atoms with van der Waals surface area (Å²) in [6.45, 7) is 4.55. The average molecular weight is 240 g/mol. The van der Waals surface area contributed by atoms with E-state index in [-0.39, 0.29) is 0 Å². The molecular formula is C16H20N2.